The van der Waals surface area contributed by atoms with E-state index in [-0.39, 0.29) is 17.8 Å². The van der Waals surface area contributed by atoms with Crippen LogP contribution >= 0.6 is 0 Å². The Bertz CT molecular complexity index is 828. The summed E-state index contributed by atoms with van der Waals surface area (Å²) in [5, 5.41) is 21.4. The molecule has 0 saturated heterocycles. The number of aliphatic hydroxyl groups excluding tert-OH is 1. The van der Waals surface area contributed by atoms with Crippen LogP contribution in [0.2, 0.25) is 0 Å². The van der Waals surface area contributed by atoms with Crippen molar-refractivity contribution in [2.45, 2.75) is 13.0 Å². The number of nitro benzene ring substituents is 1. The van der Waals surface area contributed by atoms with E-state index in [2.05, 4.69) is 0 Å². The molecule has 22 heavy (non-hydrogen) atoms. The van der Waals surface area contributed by atoms with E-state index in [1.165, 1.54) is 19.1 Å². The molecule has 0 fully saturated rings. The molecule has 112 valence electrons. The minimum absolute atomic E-state index is 0.111. The quantitative estimate of drug-likeness (QED) is 0.528. The van der Waals surface area contributed by atoms with Crippen LogP contribution in [-0.2, 0) is 0 Å². The third-order valence-electron chi connectivity index (χ3n) is 3.57. The van der Waals surface area contributed by atoms with E-state index in [0.717, 1.165) is 4.90 Å². The molecule has 1 N–H and O–H groups in total. The number of hydrogen-bond acceptors (Lipinski definition) is 5. The first-order valence-electron chi connectivity index (χ1n) is 6.65. The van der Waals surface area contributed by atoms with Gasteiger partial charge in [-0.3, -0.25) is 24.6 Å². The van der Waals surface area contributed by atoms with Crippen LogP contribution in [0.25, 0.3) is 10.8 Å². The van der Waals surface area contributed by atoms with Crippen molar-refractivity contribution < 1.29 is 19.6 Å². The summed E-state index contributed by atoms with van der Waals surface area (Å²) in [5.74, 6) is -1.13. The maximum atomic E-state index is 12.5. The van der Waals surface area contributed by atoms with Crippen molar-refractivity contribution in [2.75, 3.05) is 6.54 Å². The fraction of sp³-hybridized carbons (Fsp3) is 0.200. The van der Waals surface area contributed by atoms with Gasteiger partial charge in [-0.15, -0.1) is 0 Å². The van der Waals surface area contributed by atoms with E-state index in [0.29, 0.717) is 16.3 Å². The van der Waals surface area contributed by atoms with Gasteiger partial charge in [0.2, 0.25) is 0 Å². The number of β-amino-alcohol motifs (C(OH)–C–C–N with tert-alkyl or cyclic N) is 1. The molecule has 0 radical (unpaired) electrons. The topological polar surface area (TPSA) is 101 Å². The smallest absolute Gasteiger partial charge is 0.270 e. The van der Waals surface area contributed by atoms with Gasteiger partial charge in [0.25, 0.3) is 17.5 Å². The molecule has 7 heteroatoms. The first kappa shape index (κ1) is 14.2. The van der Waals surface area contributed by atoms with Crippen molar-refractivity contribution in [3.05, 3.63) is 51.6 Å². The summed E-state index contributed by atoms with van der Waals surface area (Å²) in [7, 11) is 0. The van der Waals surface area contributed by atoms with Crippen molar-refractivity contribution in [2.24, 2.45) is 0 Å². The Kier molecular flexibility index (Phi) is 3.14. The highest BCUT2D eigenvalue weighted by Crippen LogP contribution is 2.33. The Morgan fingerprint density at radius 1 is 1.23 bits per heavy atom. The summed E-state index contributed by atoms with van der Waals surface area (Å²) in [4.78, 5) is 36.3. The van der Waals surface area contributed by atoms with Gasteiger partial charge in [-0.2, -0.15) is 0 Å². The summed E-state index contributed by atoms with van der Waals surface area (Å²) in [6.45, 7) is 1.31. The number of nitrogens with zero attached hydrogens (tertiary/aromatic N) is 2. The van der Waals surface area contributed by atoms with Gasteiger partial charge >= 0.3 is 0 Å². The number of benzene rings is 2. The van der Waals surface area contributed by atoms with E-state index in [1.807, 2.05) is 0 Å². The molecular formula is C15H12N2O5. The lowest BCUT2D eigenvalue weighted by molar-refractivity contribution is -0.384. The summed E-state index contributed by atoms with van der Waals surface area (Å²) >= 11 is 0. The molecule has 1 aliphatic rings. The number of hydrogen-bond donors (Lipinski definition) is 1. The van der Waals surface area contributed by atoms with Crippen LogP contribution in [0.5, 0.6) is 0 Å². The van der Waals surface area contributed by atoms with Crippen LogP contribution in [0.15, 0.2) is 30.3 Å². The second-order valence-electron chi connectivity index (χ2n) is 5.22. The van der Waals surface area contributed by atoms with E-state index in [9.17, 15) is 24.8 Å². The zero-order chi connectivity index (χ0) is 16.0. The van der Waals surface area contributed by atoms with Crippen LogP contribution in [0.1, 0.15) is 27.6 Å². The largest absolute Gasteiger partial charge is 0.392 e. The van der Waals surface area contributed by atoms with E-state index in [4.69, 9.17) is 0 Å². The van der Waals surface area contributed by atoms with Crippen LogP contribution in [-0.4, -0.2) is 39.4 Å². The lowest BCUT2D eigenvalue weighted by Gasteiger charge is -2.27. The summed E-state index contributed by atoms with van der Waals surface area (Å²) < 4.78 is 0. The highest BCUT2D eigenvalue weighted by atomic mass is 16.6. The predicted molar refractivity (Wildman–Crippen MR) is 77.7 cm³/mol. The van der Waals surface area contributed by atoms with Gasteiger partial charge in [0.05, 0.1) is 23.1 Å². The monoisotopic (exact) mass is 300 g/mol. The maximum Gasteiger partial charge on any atom is 0.270 e. The second kappa shape index (κ2) is 4.88. The average molecular weight is 300 g/mol. The number of rotatable bonds is 3. The van der Waals surface area contributed by atoms with E-state index < -0.39 is 22.8 Å². The first-order valence-corrected chi connectivity index (χ1v) is 6.65. The zero-order valence-electron chi connectivity index (χ0n) is 11.6. The molecule has 1 heterocycles. The summed E-state index contributed by atoms with van der Waals surface area (Å²) in [5.41, 5.74) is 0.210. The molecule has 0 aliphatic carbocycles. The molecule has 2 aromatic carbocycles. The number of nitro groups is 1. The minimum atomic E-state index is -0.882. The Hall–Kier alpha value is -2.80. The minimum Gasteiger partial charge on any atom is -0.392 e. The van der Waals surface area contributed by atoms with Crippen LogP contribution < -0.4 is 0 Å². The first-order chi connectivity index (χ1) is 10.4. The molecule has 0 bridgehead atoms. The van der Waals surface area contributed by atoms with E-state index in [1.54, 1.807) is 18.2 Å². The third kappa shape index (κ3) is 2.03. The molecule has 2 aromatic rings. The number of carbonyl (C=O) groups excluding carboxylic acids is 2. The third-order valence-corrected chi connectivity index (χ3v) is 3.57. The number of non-ortho nitro benzene ring substituents is 1. The number of imide groups is 1. The molecule has 3 rings (SSSR count). The lowest BCUT2D eigenvalue weighted by Crippen LogP contribution is -2.43. The number of carbonyl (C=O) groups is 2. The van der Waals surface area contributed by atoms with Gasteiger partial charge in [-0.05, 0) is 18.4 Å². The Balaban J connectivity index is 2.30. The van der Waals surface area contributed by atoms with Gasteiger partial charge in [0.15, 0.2) is 0 Å². The second-order valence-corrected chi connectivity index (χ2v) is 5.22. The molecule has 2 amide bonds. The highest BCUT2D eigenvalue weighted by Gasteiger charge is 2.34. The van der Waals surface area contributed by atoms with Crippen molar-refractivity contribution in [3.8, 4) is 0 Å². The standard InChI is InChI=1S/C15H12N2O5/c1-8(18)7-16-14(19)11-4-2-3-9-5-10(17(21)22)6-12(13(9)11)15(16)20/h2-6,8,18H,7H2,1H3/t8-/m0/s1. The Morgan fingerprint density at radius 3 is 2.55 bits per heavy atom. The van der Waals surface area contributed by atoms with E-state index >= 15 is 0 Å². The normalized spacial score (nSPS) is 15.3. The SMILES string of the molecule is C[C@H](O)CN1C(=O)c2cccc3cc([N+](=O)[O-])cc(c23)C1=O. The Morgan fingerprint density at radius 2 is 1.91 bits per heavy atom. The Labute approximate surface area is 124 Å². The predicted octanol–water partition coefficient (Wildman–Crippen LogP) is 1.72. The molecular weight excluding hydrogens is 288 g/mol. The van der Waals surface area contributed by atoms with Crippen LogP contribution in [0, 0.1) is 10.1 Å². The molecule has 1 aliphatic heterocycles. The zero-order valence-corrected chi connectivity index (χ0v) is 11.6. The van der Waals surface area contributed by atoms with Gasteiger partial charge in [-0.1, -0.05) is 12.1 Å². The fourth-order valence-corrected chi connectivity index (χ4v) is 2.68. The summed E-state index contributed by atoms with van der Waals surface area (Å²) in [6, 6.07) is 7.32. The fourth-order valence-electron chi connectivity index (χ4n) is 2.68. The van der Waals surface area contributed by atoms with Crippen molar-refractivity contribution in [1.29, 1.82) is 0 Å². The highest BCUT2D eigenvalue weighted by molar-refractivity contribution is 6.25. The molecule has 0 spiro atoms. The van der Waals surface area contributed by atoms with Crippen molar-refractivity contribution >= 4 is 28.3 Å². The summed E-state index contributed by atoms with van der Waals surface area (Å²) in [6.07, 6.45) is -0.882. The molecule has 1 atom stereocenters. The molecule has 7 nitrogen and oxygen atoms in total. The van der Waals surface area contributed by atoms with Gasteiger partial charge in [-0.25, -0.2) is 0 Å². The molecule has 0 unspecified atom stereocenters. The lowest BCUT2D eigenvalue weighted by atomic mass is 9.93. The van der Waals surface area contributed by atoms with Crippen LogP contribution in [0.4, 0.5) is 5.69 Å². The number of amides is 2. The van der Waals surface area contributed by atoms with Gasteiger partial charge in [0.1, 0.15) is 0 Å². The molecule has 0 aromatic heterocycles. The number of aliphatic hydroxyl groups is 1. The van der Waals surface area contributed by atoms with Gasteiger partial charge in [0, 0.05) is 23.1 Å². The van der Waals surface area contributed by atoms with Crippen molar-refractivity contribution in [1.82, 2.24) is 4.90 Å². The van der Waals surface area contributed by atoms with Gasteiger partial charge < -0.3 is 5.11 Å². The maximum absolute atomic E-state index is 12.5. The molecule has 0 saturated carbocycles. The van der Waals surface area contributed by atoms with Crippen LogP contribution in [0.3, 0.4) is 0 Å². The van der Waals surface area contributed by atoms with Crippen molar-refractivity contribution in [3.63, 3.8) is 0 Å². The average Bonchev–Trinajstić information content (AvgIpc) is 2.48.